The Morgan fingerprint density at radius 2 is 1.90 bits per heavy atom. The molecule has 0 amide bonds. The van der Waals surface area contributed by atoms with Gasteiger partial charge in [-0.2, -0.15) is 0 Å². The zero-order valence-corrected chi connectivity index (χ0v) is 11.4. The van der Waals surface area contributed by atoms with E-state index >= 15 is 0 Å². The monoisotopic (exact) mass is 276 g/mol. The summed E-state index contributed by atoms with van der Waals surface area (Å²) in [6.45, 7) is 0.112. The van der Waals surface area contributed by atoms with Crippen LogP contribution in [0, 0.1) is 0 Å². The van der Waals surface area contributed by atoms with Gasteiger partial charge in [-0.15, -0.1) is 0 Å². The van der Waals surface area contributed by atoms with Crippen LogP contribution in [0.2, 0.25) is 0 Å². The normalized spacial score (nSPS) is 11.7. The lowest BCUT2D eigenvalue weighted by atomic mass is 10.1. The Bertz CT molecular complexity index is 547. The van der Waals surface area contributed by atoms with Crippen molar-refractivity contribution in [1.29, 1.82) is 0 Å². The number of hydrogen-bond acceptors (Lipinski definition) is 5. The first-order valence-corrected chi connectivity index (χ1v) is 6.13. The van der Waals surface area contributed by atoms with Crippen molar-refractivity contribution < 1.29 is 23.4 Å². The molecule has 20 heavy (non-hydrogen) atoms. The Labute approximate surface area is 117 Å². The van der Waals surface area contributed by atoms with Crippen LogP contribution in [0.4, 0.5) is 0 Å². The minimum absolute atomic E-state index is 0.112. The number of hydrogen-bond donors (Lipinski definition) is 0. The standard InChI is InChI=1S/C15H16O5/c1-17-13-6-3-4-7-14(13)20-10-11(15(16)18-2)12-8-5-9-19-12/h3-9,11H,10H2,1-2H3. The van der Waals surface area contributed by atoms with E-state index in [4.69, 9.17) is 18.6 Å². The van der Waals surface area contributed by atoms with Crippen LogP contribution in [0.25, 0.3) is 0 Å². The highest BCUT2D eigenvalue weighted by Gasteiger charge is 2.25. The highest BCUT2D eigenvalue weighted by molar-refractivity contribution is 5.77. The topological polar surface area (TPSA) is 57.9 Å². The molecule has 1 aromatic heterocycles. The lowest BCUT2D eigenvalue weighted by Gasteiger charge is -2.15. The van der Waals surface area contributed by atoms with Crippen molar-refractivity contribution in [2.75, 3.05) is 20.8 Å². The molecular formula is C15H16O5. The fourth-order valence-electron chi connectivity index (χ4n) is 1.81. The predicted molar refractivity (Wildman–Crippen MR) is 72.0 cm³/mol. The van der Waals surface area contributed by atoms with Crippen LogP contribution in [0.3, 0.4) is 0 Å². The van der Waals surface area contributed by atoms with E-state index in [0.29, 0.717) is 17.3 Å². The highest BCUT2D eigenvalue weighted by Crippen LogP contribution is 2.28. The largest absolute Gasteiger partial charge is 0.493 e. The van der Waals surface area contributed by atoms with Crippen molar-refractivity contribution in [3.05, 3.63) is 48.4 Å². The second-order valence-corrected chi connectivity index (χ2v) is 4.05. The molecule has 1 aromatic carbocycles. The van der Waals surface area contributed by atoms with Crippen molar-refractivity contribution in [2.24, 2.45) is 0 Å². The van der Waals surface area contributed by atoms with Crippen molar-refractivity contribution in [1.82, 2.24) is 0 Å². The van der Waals surface area contributed by atoms with Gasteiger partial charge in [0.05, 0.1) is 20.5 Å². The van der Waals surface area contributed by atoms with Crippen LogP contribution in [0.5, 0.6) is 11.5 Å². The summed E-state index contributed by atoms with van der Waals surface area (Å²) in [5, 5.41) is 0. The van der Waals surface area contributed by atoms with E-state index in [1.54, 1.807) is 31.4 Å². The minimum atomic E-state index is -0.611. The molecule has 0 aliphatic carbocycles. The van der Waals surface area contributed by atoms with Crippen LogP contribution in [-0.2, 0) is 9.53 Å². The molecule has 0 saturated carbocycles. The molecule has 0 fully saturated rings. The summed E-state index contributed by atoms with van der Waals surface area (Å²) in [4.78, 5) is 11.8. The number of furan rings is 1. The molecule has 0 radical (unpaired) electrons. The minimum Gasteiger partial charge on any atom is -0.493 e. The lowest BCUT2D eigenvalue weighted by molar-refractivity contribution is -0.143. The van der Waals surface area contributed by atoms with E-state index in [9.17, 15) is 4.79 Å². The van der Waals surface area contributed by atoms with Crippen molar-refractivity contribution in [3.63, 3.8) is 0 Å². The molecule has 5 nitrogen and oxygen atoms in total. The quantitative estimate of drug-likeness (QED) is 0.759. The molecule has 1 atom stereocenters. The number of carbonyl (C=O) groups is 1. The maximum Gasteiger partial charge on any atom is 0.319 e. The molecule has 106 valence electrons. The molecule has 0 bridgehead atoms. The van der Waals surface area contributed by atoms with Crippen LogP contribution in [-0.4, -0.2) is 26.8 Å². The van der Waals surface area contributed by atoms with Gasteiger partial charge in [0.25, 0.3) is 0 Å². The zero-order valence-electron chi connectivity index (χ0n) is 11.4. The number of benzene rings is 1. The second kappa shape index (κ2) is 6.65. The third kappa shape index (κ3) is 3.12. The first kappa shape index (κ1) is 14.0. The molecule has 0 saturated heterocycles. The third-order valence-corrected chi connectivity index (χ3v) is 2.85. The molecule has 5 heteroatoms. The summed E-state index contributed by atoms with van der Waals surface area (Å²) in [6.07, 6.45) is 1.51. The van der Waals surface area contributed by atoms with E-state index in [1.807, 2.05) is 12.1 Å². The van der Waals surface area contributed by atoms with Gasteiger partial charge in [-0.1, -0.05) is 12.1 Å². The van der Waals surface area contributed by atoms with Crippen LogP contribution in [0.15, 0.2) is 47.1 Å². The van der Waals surface area contributed by atoms with Gasteiger partial charge >= 0.3 is 5.97 Å². The number of methoxy groups -OCH3 is 2. The van der Waals surface area contributed by atoms with E-state index < -0.39 is 11.9 Å². The fraction of sp³-hybridized carbons (Fsp3) is 0.267. The number of para-hydroxylation sites is 2. The summed E-state index contributed by atoms with van der Waals surface area (Å²) in [5.41, 5.74) is 0. The number of esters is 1. The predicted octanol–water partition coefficient (Wildman–Crippen LogP) is 2.62. The van der Waals surface area contributed by atoms with Gasteiger partial charge in [0, 0.05) is 0 Å². The highest BCUT2D eigenvalue weighted by atomic mass is 16.5. The molecule has 0 aliphatic heterocycles. The summed E-state index contributed by atoms with van der Waals surface area (Å²) in [6, 6.07) is 10.7. The maximum atomic E-state index is 11.8. The summed E-state index contributed by atoms with van der Waals surface area (Å²) >= 11 is 0. The molecule has 2 rings (SSSR count). The van der Waals surface area contributed by atoms with Crippen LogP contribution < -0.4 is 9.47 Å². The first-order valence-electron chi connectivity index (χ1n) is 6.13. The van der Waals surface area contributed by atoms with Gasteiger partial charge < -0.3 is 18.6 Å². The summed E-state index contributed by atoms with van der Waals surface area (Å²) in [5.74, 6) is 0.660. The number of rotatable bonds is 6. The second-order valence-electron chi connectivity index (χ2n) is 4.05. The smallest absolute Gasteiger partial charge is 0.319 e. The molecule has 0 aliphatic rings. The van der Waals surface area contributed by atoms with E-state index in [1.165, 1.54) is 13.4 Å². The van der Waals surface area contributed by atoms with Gasteiger partial charge in [-0.05, 0) is 24.3 Å². The molecule has 2 aromatic rings. The van der Waals surface area contributed by atoms with Gasteiger partial charge in [-0.3, -0.25) is 4.79 Å². The molecular weight excluding hydrogens is 260 g/mol. The average Bonchev–Trinajstić information content (AvgIpc) is 3.01. The molecule has 0 spiro atoms. The maximum absolute atomic E-state index is 11.8. The SMILES string of the molecule is COC(=O)C(COc1ccccc1OC)c1ccco1. The van der Waals surface area contributed by atoms with E-state index in [-0.39, 0.29) is 6.61 Å². The van der Waals surface area contributed by atoms with Gasteiger partial charge in [0.1, 0.15) is 18.3 Å². The van der Waals surface area contributed by atoms with Crippen molar-refractivity contribution in [3.8, 4) is 11.5 Å². The van der Waals surface area contributed by atoms with Gasteiger partial charge in [0.2, 0.25) is 0 Å². The molecule has 0 N–H and O–H groups in total. The summed E-state index contributed by atoms with van der Waals surface area (Å²) in [7, 11) is 2.90. The first-order chi connectivity index (χ1) is 9.76. The summed E-state index contributed by atoms with van der Waals surface area (Å²) < 4.78 is 20.9. The molecule has 1 unspecified atom stereocenters. The Morgan fingerprint density at radius 1 is 1.15 bits per heavy atom. The van der Waals surface area contributed by atoms with E-state index in [0.717, 1.165) is 0 Å². The van der Waals surface area contributed by atoms with E-state index in [2.05, 4.69) is 0 Å². The Hall–Kier alpha value is -2.43. The Kier molecular flexibility index (Phi) is 4.65. The van der Waals surface area contributed by atoms with Gasteiger partial charge in [-0.25, -0.2) is 0 Å². The van der Waals surface area contributed by atoms with Crippen molar-refractivity contribution in [2.45, 2.75) is 5.92 Å². The lowest BCUT2D eigenvalue weighted by Crippen LogP contribution is -2.21. The zero-order chi connectivity index (χ0) is 14.4. The van der Waals surface area contributed by atoms with Crippen LogP contribution >= 0.6 is 0 Å². The Morgan fingerprint density at radius 3 is 2.50 bits per heavy atom. The Balaban J connectivity index is 2.11. The van der Waals surface area contributed by atoms with Gasteiger partial charge in [0.15, 0.2) is 11.5 Å². The average molecular weight is 276 g/mol. The fourth-order valence-corrected chi connectivity index (χ4v) is 1.81. The number of ether oxygens (including phenoxy) is 3. The number of carbonyl (C=O) groups excluding carboxylic acids is 1. The molecule has 1 heterocycles. The van der Waals surface area contributed by atoms with Crippen LogP contribution in [0.1, 0.15) is 11.7 Å². The van der Waals surface area contributed by atoms with Crippen molar-refractivity contribution >= 4 is 5.97 Å². The third-order valence-electron chi connectivity index (χ3n) is 2.85.